The predicted octanol–water partition coefficient (Wildman–Crippen LogP) is 3.06. The summed E-state index contributed by atoms with van der Waals surface area (Å²) in [6.07, 6.45) is 6.87. The van der Waals surface area contributed by atoms with E-state index in [9.17, 15) is 4.79 Å². The van der Waals surface area contributed by atoms with E-state index in [1.807, 2.05) is 19.1 Å². The van der Waals surface area contributed by atoms with Gasteiger partial charge in [0, 0.05) is 6.04 Å². The molecule has 2 rings (SSSR count). The molecule has 0 aliphatic heterocycles. The summed E-state index contributed by atoms with van der Waals surface area (Å²) in [5.74, 6) is -0.480. The van der Waals surface area contributed by atoms with Crippen molar-refractivity contribution in [2.75, 3.05) is 6.61 Å². The Labute approximate surface area is 153 Å². The molecule has 0 saturated heterocycles. The van der Waals surface area contributed by atoms with Gasteiger partial charge in [-0.3, -0.25) is 5.43 Å². The van der Waals surface area contributed by atoms with Crippen LogP contribution in [0.1, 0.15) is 51.0 Å². The maximum absolute atomic E-state index is 10.5. The first-order valence-corrected chi connectivity index (χ1v) is 9.07. The molecule has 0 atom stereocenters. The van der Waals surface area contributed by atoms with Crippen LogP contribution in [0.5, 0.6) is 5.75 Å². The number of rotatable bonds is 7. The molecular weight excluding hydrogens is 338 g/mol. The highest BCUT2D eigenvalue weighted by Gasteiger charge is 2.13. The highest BCUT2D eigenvalue weighted by atomic mass is 32.1. The smallest absolute Gasteiger partial charge is 0.341 e. The minimum Gasteiger partial charge on any atom is -0.482 e. The maximum Gasteiger partial charge on any atom is 0.341 e. The van der Waals surface area contributed by atoms with E-state index >= 15 is 0 Å². The summed E-state index contributed by atoms with van der Waals surface area (Å²) in [5, 5.41) is 16.9. The molecular formula is C18H25N3O3S. The standard InChI is InChI=1S/C18H25N3O3S/c1-2-16(13-8-10-15(11-9-13)24-12-17(22)23)20-21-18(25)19-14-6-4-3-5-7-14/h8-11,14H,2-7,12H2,1H3,(H,22,23)(H2,19,21,25)/b20-16-. The number of ether oxygens (including phenoxy) is 1. The number of aliphatic carboxylic acids is 1. The second-order valence-corrected chi connectivity index (χ2v) is 6.45. The number of thiocarbonyl (C=S) groups is 1. The van der Waals surface area contributed by atoms with E-state index in [1.165, 1.54) is 19.3 Å². The molecule has 1 fully saturated rings. The lowest BCUT2D eigenvalue weighted by Gasteiger charge is -2.23. The number of nitrogens with zero attached hydrogens (tertiary/aromatic N) is 1. The van der Waals surface area contributed by atoms with E-state index in [2.05, 4.69) is 15.8 Å². The molecule has 0 radical (unpaired) electrons. The number of carboxylic acids is 1. The van der Waals surface area contributed by atoms with Gasteiger partial charge in [0.05, 0.1) is 5.71 Å². The lowest BCUT2D eigenvalue weighted by Crippen LogP contribution is -2.41. The maximum atomic E-state index is 10.5. The number of nitrogens with one attached hydrogen (secondary N) is 2. The van der Waals surface area contributed by atoms with Crippen molar-refractivity contribution in [1.29, 1.82) is 0 Å². The minimum atomic E-state index is -0.997. The summed E-state index contributed by atoms with van der Waals surface area (Å²) in [5.41, 5.74) is 4.75. The highest BCUT2D eigenvalue weighted by Crippen LogP contribution is 2.17. The van der Waals surface area contributed by atoms with Crippen LogP contribution >= 0.6 is 12.2 Å². The molecule has 3 N–H and O–H groups in total. The van der Waals surface area contributed by atoms with Crippen molar-refractivity contribution < 1.29 is 14.6 Å². The van der Waals surface area contributed by atoms with Gasteiger partial charge in [-0.2, -0.15) is 5.10 Å². The summed E-state index contributed by atoms with van der Waals surface area (Å²) < 4.78 is 5.13. The topological polar surface area (TPSA) is 83.0 Å². The van der Waals surface area contributed by atoms with E-state index in [4.69, 9.17) is 22.1 Å². The Bertz CT molecular complexity index is 610. The second-order valence-electron chi connectivity index (χ2n) is 6.04. The average molecular weight is 363 g/mol. The highest BCUT2D eigenvalue weighted by molar-refractivity contribution is 7.80. The van der Waals surface area contributed by atoms with Gasteiger partial charge in [-0.1, -0.05) is 26.2 Å². The number of carboxylic acid groups (broad SMARTS) is 1. The first-order chi connectivity index (χ1) is 12.1. The molecule has 0 heterocycles. The summed E-state index contributed by atoms with van der Waals surface area (Å²) in [6, 6.07) is 7.64. The third-order valence-electron chi connectivity index (χ3n) is 4.12. The fraction of sp³-hybridized carbons (Fsp3) is 0.500. The second kappa shape index (κ2) is 9.98. The normalized spacial score (nSPS) is 15.5. The molecule has 6 nitrogen and oxygen atoms in total. The molecule has 1 aromatic carbocycles. The monoisotopic (exact) mass is 363 g/mol. The van der Waals surface area contributed by atoms with E-state index in [1.54, 1.807) is 12.1 Å². The van der Waals surface area contributed by atoms with Gasteiger partial charge in [-0.15, -0.1) is 0 Å². The number of benzene rings is 1. The van der Waals surface area contributed by atoms with Gasteiger partial charge in [-0.25, -0.2) is 4.79 Å². The van der Waals surface area contributed by atoms with Gasteiger partial charge in [-0.05, 0) is 61.3 Å². The molecule has 0 bridgehead atoms. The molecule has 7 heteroatoms. The number of hydrogen-bond donors (Lipinski definition) is 3. The van der Waals surface area contributed by atoms with E-state index in [0.29, 0.717) is 16.9 Å². The van der Waals surface area contributed by atoms with Crippen LogP contribution in [0.25, 0.3) is 0 Å². The van der Waals surface area contributed by atoms with Crippen LogP contribution in [0.15, 0.2) is 29.4 Å². The molecule has 1 aromatic rings. The summed E-state index contributed by atoms with van der Waals surface area (Å²) in [4.78, 5) is 10.5. The predicted molar refractivity (Wildman–Crippen MR) is 102 cm³/mol. The Morgan fingerprint density at radius 1 is 1.28 bits per heavy atom. The van der Waals surface area contributed by atoms with Crippen molar-refractivity contribution in [2.45, 2.75) is 51.5 Å². The molecule has 136 valence electrons. The van der Waals surface area contributed by atoms with E-state index in [0.717, 1.165) is 30.5 Å². The Balaban J connectivity index is 1.89. The average Bonchev–Trinajstić information content (AvgIpc) is 2.62. The Kier molecular flexibility index (Phi) is 7.66. The van der Waals surface area contributed by atoms with Gasteiger partial charge < -0.3 is 15.2 Å². The van der Waals surface area contributed by atoms with Crippen molar-refractivity contribution in [2.24, 2.45) is 5.10 Å². The van der Waals surface area contributed by atoms with Crippen LogP contribution < -0.4 is 15.5 Å². The summed E-state index contributed by atoms with van der Waals surface area (Å²) in [6.45, 7) is 1.67. The molecule has 0 unspecified atom stereocenters. The fourth-order valence-corrected chi connectivity index (χ4v) is 3.03. The van der Waals surface area contributed by atoms with Crippen molar-refractivity contribution >= 4 is 29.0 Å². The molecule has 0 amide bonds. The molecule has 1 aliphatic carbocycles. The van der Waals surface area contributed by atoms with Crippen LogP contribution in [0.3, 0.4) is 0 Å². The van der Waals surface area contributed by atoms with Gasteiger partial charge in [0.25, 0.3) is 0 Å². The Morgan fingerprint density at radius 3 is 2.56 bits per heavy atom. The largest absolute Gasteiger partial charge is 0.482 e. The summed E-state index contributed by atoms with van der Waals surface area (Å²) >= 11 is 5.33. The zero-order valence-corrected chi connectivity index (χ0v) is 15.3. The molecule has 25 heavy (non-hydrogen) atoms. The third-order valence-corrected chi connectivity index (χ3v) is 4.33. The first-order valence-electron chi connectivity index (χ1n) is 8.66. The van der Waals surface area contributed by atoms with E-state index in [-0.39, 0.29) is 6.61 Å². The zero-order valence-electron chi connectivity index (χ0n) is 14.5. The SMILES string of the molecule is CC/C(=N/NC(=S)NC1CCCCC1)c1ccc(OCC(=O)O)cc1. The molecule has 1 saturated carbocycles. The van der Waals surface area contributed by atoms with Gasteiger partial charge >= 0.3 is 5.97 Å². The lowest BCUT2D eigenvalue weighted by atomic mass is 9.96. The Morgan fingerprint density at radius 2 is 1.96 bits per heavy atom. The van der Waals surface area contributed by atoms with Gasteiger partial charge in [0.1, 0.15) is 5.75 Å². The number of hydrogen-bond acceptors (Lipinski definition) is 4. The van der Waals surface area contributed by atoms with Crippen molar-refractivity contribution in [3.05, 3.63) is 29.8 Å². The molecule has 0 spiro atoms. The third kappa shape index (κ3) is 6.70. The number of hydrazone groups is 1. The van der Waals surface area contributed by atoms with Crippen LogP contribution in [0, 0.1) is 0 Å². The fourth-order valence-electron chi connectivity index (χ4n) is 2.82. The molecule has 1 aliphatic rings. The lowest BCUT2D eigenvalue weighted by molar-refractivity contribution is -0.139. The van der Waals surface area contributed by atoms with Crippen molar-refractivity contribution in [3.63, 3.8) is 0 Å². The first kappa shape index (κ1) is 19.2. The molecule has 0 aromatic heterocycles. The summed E-state index contributed by atoms with van der Waals surface area (Å²) in [7, 11) is 0. The number of carbonyl (C=O) groups is 1. The van der Waals surface area contributed by atoms with Gasteiger partial charge in [0.15, 0.2) is 11.7 Å². The van der Waals surface area contributed by atoms with Crippen LogP contribution in [-0.4, -0.2) is 34.5 Å². The van der Waals surface area contributed by atoms with Crippen LogP contribution in [-0.2, 0) is 4.79 Å². The van der Waals surface area contributed by atoms with Crippen LogP contribution in [0.4, 0.5) is 0 Å². The van der Waals surface area contributed by atoms with Crippen molar-refractivity contribution in [1.82, 2.24) is 10.7 Å². The minimum absolute atomic E-state index is 0.350. The quantitative estimate of drug-likeness (QED) is 0.392. The Hall–Kier alpha value is -2.15. The van der Waals surface area contributed by atoms with Crippen molar-refractivity contribution in [3.8, 4) is 5.75 Å². The van der Waals surface area contributed by atoms with E-state index < -0.39 is 5.97 Å². The van der Waals surface area contributed by atoms with Crippen LogP contribution in [0.2, 0.25) is 0 Å². The zero-order chi connectivity index (χ0) is 18.1. The van der Waals surface area contributed by atoms with Gasteiger partial charge in [0.2, 0.25) is 0 Å².